The van der Waals surface area contributed by atoms with Crippen molar-refractivity contribution in [3.63, 3.8) is 0 Å². The number of amides is 2. The normalized spacial score (nSPS) is 12.2. The average Bonchev–Trinajstić information content (AvgIpc) is 2.76. The average molecular weight is 490 g/mol. The molecule has 2 aromatic rings. The molecule has 0 aromatic heterocycles. The minimum atomic E-state index is -3.75. The van der Waals surface area contributed by atoms with Crippen LogP contribution in [0.2, 0.25) is 0 Å². The van der Waals surface area contributed by atoms with Crippen LogP contribution < -0.4 is 14.4 Å². The summed E-state index contributed by atoms with van der Waals surface area (Å²) in [6.45, 7) is 7.12. The summed E-state index contributed by atoms with van der Waals surface area (Å²) in [6, 6.07) is 13.3. The van der Waals surface area contributed by atoms with Crippen LogP contribution in [-0.4, -0.2) is 57.1 Å². The summed E-state index contributed by atoms with van der Waals surface area (Å²) in [5.41, 5.74) is 2.07. The Labute approximate surface area is 202 Å². The van der Waals surface area contributed by atoms with Crippen LogP contribution in [0.25, 0.3) is 0 Å². The van der Waals surface area contributed by atoms with Gasteiger partial charge in [0.15, 0.2) is 0 Å². The zero-order valence-electron chi connectivity index (χ0n) is 20.7. The molecule has 1 atom stereocenters. The quantitative estimate of drug-likeness (QED) is 0.523. The molecular formula is C25H35N3O5S. The summed E-state index contributed by atoms with van der Waals surface area (Å²) in [4.78, 5) is 28.0. The van der Waals surface area contributed by atoms with Crippen LogP contribution >= 0.6 is 0 Å². The van der Waals surface area contributed by atoms with E-state index >= 15 is 0 Å². The smallest absolute Gasteiger partial charge is 0.244 e. The van der Waals surface area contributed by atoms with Gasteiger partial charge in [-0.3, -0.25) is 13.9 Å². The number of sulfonamides is 1. The fraction of sp³-hybridized carbons (Fsp3) is 0.440. The molecule has 9 heteroatoms. The third-order valence-corrected chi connectivity index (χ3v) is 6.44. The molecule has 0 aliphatic rings. The Hall–Kier alpha value is -3.07. The number of methoxy groups -OCH3 is 1. The number of anilines is 1. The molecule has 2 aromatic carbocycles. The highest BCUT2D eigenvalue weighted by molar-refractivity contribution is 7.92. The number of aryl methyl sites for hydroxylation is 1. The van der Waals surface area contributed by atoms with Gasteiger partial charge in [-0.2, -0.15) is 0 Å². The second-order valence-electron chi connectivity index (χ2n) is 8.57. The molecule has 2 rings (SSSR count). The fourth-order valence-electron chi connectivity index (χ4n) is 3.62. The van der Waals surface area contributed by atoms with Crippen molar-refractivity contribution in [2.24, 2.45) is 0 Å². The molecular weight excluding hydrogens is 454 g/mol. The first-order valence-corrected chi connectivity index (χ1v) is 13.1. The third kappa shape index (κ3) is 7.48. The monoisotopic (exact) mass is 489 g/mol. The zero-order valence-corrected chi connectivity index (χ0v) is 21.6. The van der Waals surface area contributed by atoms with Gasteiger partial charge in [0.05, 0.1) is 19.1 Å². The van der Waals surface area contributed by atoms with Gasteiger partial charge in [0.25, 0.3) is 0 Å². The molecule has 186 valence electrons. The molecule has 2 amide bonds. The zero-order chi connectivity index (χ0) is 25.5. The van der Waals surface area contributed by atoms with Gasteiger partial charge < -0.3 is 15.0 Å². The van der Waals surface area contributed by atoms with Crippen LogP contribution in [0.5, 0.6) is 5.75 Å². The van der Waals surface area contributed by atoms with Crippen molar-refractivity contribution in [2.45, 2.75) is 52.7 Å². The van der Waals surface area contributed by atoms with Gasteiger partial charge in [-0.15, -0.1) is 0 Å². The lowest BCUT2D eigenvalue weighted by atomic mass is 10.1. The summed E-state index contributed by atoms with van der Waals surface area (Å²) >= 11 is 0. The first-order valence-electron chi connectivity index (χ1n) is 11.2. The predicted molar refractivity (Wildman–Crippen MR) is 134 cm³/mol. The van der Waals surface area contributed by atoms with E-state index in [4.69, 9.17) is 4.74 Å². The lowest BCUT2D eigenvalue weighted by Crippen LogP contribution is -2.53. The van der Waals surface area contributed by atoms with E-state index in [0.717, 1.165) is 21.7 Å². The molecule has 0 spiro atoms. The molecule has 0 fully saturated rings. The van der Waals surface area contributed by atoms with Gasteiger partial charge in [-0.1, -0.05) is 31.2 Å². The van der Waals surface area contributed by atoms with Gasteiger partial charge in [0, 0.05) is 12.6 Å². The predicted octanol–water partition coefficient (Wildman–Crippen LogP) is 3.10. The van der Waals surface area contributed by atoms with Crippen molar-refractivity contribution in [1.82, 2.24) is 10.2 Å². The number of carbonyl (C=O) groups excluding carboxylic acids is 2. The van der Waals surface area contributed by atoms with Gasteiger partial charge in [0.1, 0.15) is 18.3 Å². The summed E-state index contributed by atoms with van der Waals surface area (Å²) in [7, 11) is -2.18. The minimum Gasteiger partial charge on any atom is -0.497 e. The maximum absolute atomic E-state index is 13.6. The largest absolute Gasteiger partial charge is 0.497 e. The van der Waals surface area contributed by atoms with Crippen LogP contribution in [-0.2, 0) is 26.2 Å². The topological polar surface area (TPSA) is 96.0 Å². The number of hydrogen-bond donors (Lipinski definition) is 1. The number of benzene rings is 2. The van der Waals surface area contributed by atoms with Crippen molar-refractivity contribution >= 4 is 27.5 Å². The highest BCUT2D eigenvalue weighted by Gasteiger charge is 2.32. The van der Waals surface area contributed by atoms with E-state index < -0.39 is 28.5 Å². The molecule has 0 aliphatic heterocycles. The van der Waals surface area contributed by atoms with Crippen molar-refractivity contribution < 1.29 is 22.7 Å². The SMILES string of the molecule is CCC(C(=O)NC(C)C)N(Cc1ccc(OC)cc1)C(=O)CN(c1cccc(C)c1)S(C)(=O)=O. The Morgan fingerprint density at radius 3 is 2.24 bits per heavy atom. The van der Waals surface area contributed by atoms with Gasteiger partial charge in [-0.25, -0.2) is 8.42 Å². The Morgan fingerprint density at radius 1 is 1.09 bits per heavy atom. The van der Waals surface area contributed by atoms with Gasteiger partial charge in [-0.05, 0) is 62.6 Å². The molecule has 34 heavy (non-hydrogen) atoms. The Morgan fingerprint density at radius 2 is 1.74 bits per heavy atom. The van der Waals surface area contributed by atoms with Crippen molar-refractivity contribution in [1.29, 1.82) is 0 Å². The van der Waals surface area contributed by atoms with Crippen molar-refractivity contribution in [3.8, 4) is 5.75 Å². The molecule has 0 bridgehead atoms. The van der Waals surface area contributed by atoms with Crippen LogP contribution in [0.4, 0.5) is 5.69 Å². The Kier molecular flexibility index (Phi) is 9.49. The molecule has 1 unspecified atom stereocenters. The van der Waals surface area contributed by atoms with E-state index in [-0.39, 0.29) is 18.5 Å². The molecule has 8 nitrogen and oxygen atoms in total. The lowest BCUT2D eigenvalue weighted by Gasteiger charge is -2.33. The third-order valence-electron chi connectivity index (χ3n) is 5.30. The van der Waals surface area contributed by atoms with E-state index in [1.165, 1.54) is 4.90 Å². The van der Waals surface area contributed by atoms with Crippen LogP contribution in [0.15, 0.2) is 48.5 Å². The van der Waals surface area contributed by atoms with Crippen LogP contribution in [0.3, 0.4) is 0 Å². The molecule has 0 saturated carbocycles. The van der Waals surface area contributed by atoms with E-state index in [1.807, 2.05) is 45.9 Å². The van der Waals surface area contributed by atoms with Gasteiger partial charge >= 0.3 is 0 Å². The maximum atomic E-state index is 13.6. The number of nitrogens with zero attached hydrogens (tertiary/aromatic N) is 2. The van der Waals surface area contributed by atoms with E-state index in [1.54, 1.807) is 37.4 Å². The molecule has 0 aliphatic carbocycles. The summed E-state index contributed by atoms with van der Waals surface area (Å²) < 4.78 is 31.5. The molecule has 1 N–H and O–H groups in total. The number of nitrogens with one attached hydrogen (secondary N) is 1. The summed E-state index contributed by atoms with van der Waals surface area (Å²) in [6.07, 6.45) is 1.45. The standard InChI is InChI=1S/C25H35N3O5S/c1-7-23(25(30)26-18(2)3)27(16-20-11-13-22(33-5)14-12-20)24(29)17-28(34(6,31)32)21-10-8-9-19(4)15-21/h8-15,18,23H,7,16-17H2,1-6H3,(H,26,30). The maximum Gasteiger partial charge on any atom is 0.244 e. The second-order valence-corrected chi connectivity index (χ2v) is 10.5. The number of ether oxygens (including phenoxy) is 1. The summed E-state index contributed by atoms with van der Waals surface area (Å²) in [5.74, 6) is -0.0664. The Balaban J connectivity index is 2.43. The van der Waals surface area contributed by atoms with E-state index in [2.05, 4.69) is 5.32 Å². The molecule has 0 saturated heterocycles. The van der Waals surface area contributed by atoms with Crippen LogP contribution in [0.1, 0.15) is 38.3 Å². The second kappa shape index (κ2) is 11.9. The highest BCUT2D eigenvalue weighted by atomic mass is 32.2. The van der Waals surface area contributed by atoms with E-state index in [9.17, 15) is 18.0 Å². The Bertz CT molecular complexity index is 1080. The fourth-order valence-corrected chi connectivity index (χ4v) is 4.47. The summed E-state index contributed by atoms with van der Waals surface area (Å²) in [5, 5.41) is 2.87. The van der Waals surface area contributed by atoms with E-state index in [0.29, 0.717) is 17.9 Å². The van der Waals surface area contributed by atoms with Gasteiger partial charge in [0.2, 0.25) is 21.8 Å². The number of rotatable bonds is 11. The minimum absolute atomic E-state index is 0.0979. The molecule has 0 heterocycles. The first kappa shape index (κ1) is 27.2. The number of carbonyl (C=O) groups is 2. The first-order chi connectivity index (χ1) is 16.0. The van der Waals surface area contributed by atoms with Crippen molar-refractivity contribution in [3.05, 3.63) is 59.7 Å². The molecule has 0 radical (unpaired) electrons. The lowest BCUT2D eigenvalue weighted by molar-refractivity contribution is -0.140. The number of hydrogen-bond acceptors (Lipinski definition) is 5. The highest BCUT2D eigenvalue weighted by Crippen LogP contribution is 2.21. The van der Waals surface area contributed by atoms with Crippen molar-refractivity contribution in [2.75, 3.05) is 24.2 Å². The van der Waals surface area contributed by atoms with Crippen LogP contribution in [0, 0.1) is 6.92 Å².